The van der Waals surface area contributed by atoms with Crippen LogP contribution in [-0.4, -0.2) is 9.78 Å². The molecule has 0 amide bonds. The molecule has 84 valence electrons. The molecule has 0 saturated carbocycles. The molecule has 0 aliphatic heterocycles. The molecule has 0 radical (unpaired) electrons. The number of hydrogen-bond donors (Lipinski definition) is 0. The van der Waals surface area contributed by atoms with E-state index in [-0.39, 0.29) is 0 Å². The number of aromatic nitrogens is 2. The van der Waals surface area contributed by atoms with Gasteiger partial charge in [0.1, 0.15) is 5.69 Å². The first-order valence-corrected chi connectivity index (χ1v) is 5.81. The van der Waals surface area contributed by atoms with Crippen molar-refractivity contribution < 1.29 is 0 Å². The monoisotopic (exact) mass is 274 g/mol. The van der Waals surface area contributed by atoms with Crippen LogP contribution in [0.2, 0.25) is 0 Å². The third-order valence-corrected chi connectivity index (χ3v) is 2.76. The van der Waals surface area contributed by atoms with E-state index in [0.717, 1.165) is 11.4 Å². The Morgan fingerprint density at radius 1 is 1.12 bits per heavy atom. The molecule has 0 saturated heterocycles. The maximum Gasteiger partial charge on any atom is 0.234 e. The Balaban J connectivity index is 2.48. The van der Waals surface area contributed by atoms with E-state index < -0.39 is 3.79 Å². The Morgan fingerprint density at radius 2 is 1.75 bits per heavy atom. The van der Waals surface area contributed by atoms with Crippen molar-refractivity contribution in [3.8, 4) is 5.69 Å². The highest BCUT2D eigenvalue weighted by Crippen LogP contribution is 2.37. The molecular formula is C11H9Cl3N2. The van der Waals surface area contributed by atoms with Gasteiger partial charge >= 0.3 is 0 Å². The Morgan fingerprint density at radius 3 is 2.25 bits per heavy atom. The number of nitrogens with zero attached hydrogens (tertiary/aromatic N) is 2. The van der Waals surface area contributed by atoms with Gasteiger partial charge in [-0.15, -0.1) is 0 Å². The molecule has 1 aromatic heterocycles. The van der Waals surface area contributed by atoms with Gasteiger partial charge in [0, 0.05) is 5.69 Å². The number of hydrogen-bond acceptors (Lipinski definition) is 1. The van der Waals surface area contributed by atoms with Gasteiger partial charge in [0.25, 0.3) is 0 Å². The van der Waals surface area contributed by atoms with Crippen molar-refractivity contribution in [3.63, 3.8) is 0 Å². The minimum atomic E-state index is -1.48. The molecule has 0 spiro atoms. The normalized spacial score (nSPS) is 11.8. The van der Waals surface area contributed by atoms with Crippen molar-refractivity contribution >= 4 is 34.8 Å². The zero-order chi connectivity index (χ0) is 11.8. The van der Waals surface area contributed by atoms with E-state index >= 15 is 0 Å². The number of para-hydroxylation sites is 1. The Kier molecular flexibility index (Phi) is 3.15. The molecule has 2 rings (SSSR count). The number of rotatable bonds is 1. The highest BCUT2D eigenvalue weighted by molar-refractivity contribution is 6.66. The molecule has 0 fully saturated rings. The molecule has 16 heavy (non-hydrogen) atoms. The molecular weight excluding hydrogens is 266 g/mol. The van der Waals surface area contributed by atoms with Gasteiger partial charge in [0.2, 0.25) is 3.79 Å². The fourth-order valence-corrected chi connectivity index (χ4v) is 1.72. The van der Waals surface area contributed by atoms with Gasteiger partial charge in [0.05, 0.1) is 5.69 Å². The number of benzene rings is 1. The lowest BCUT2D eigenvalue weighted by Gasteiger charge is -2.06. The van der Waals surface area contributed by atoms with Gasteiger partial charge < -0.3 is 0 Å². The smallest absolute Gasteiger partial charge is 0.234 e. The molecule has 0 aliphatic rings. The second kappa shape index (κ2) is 4.28. The summed E-state index contributed by atoms with van der Waals surface area (Å²) in [7, 11) is 0. The predicted octanol–water partition coefficient (Wildman–Crippen LogP) is 4.01. The van der Waals surface area contributed by atoms with Gasteiger partial charge in [-0.05, 0) is 25.1 Å². The van der Waals surface area contributed by atoms with Crippen LogP contribution in [0.25, 0.3) is 5.69 Å². The molecule has 1 heterocycles. The highest BCUT2D eigenvalue weighted by Gasteiger charge is 2.27. The Hall–Kier alpha value is -0.700. The van der Waals surface area contributed by atoms with Crippen LogP contribution in [-0.2, 0) is 3.79 Å². The molecule has 0 aliphatic carbocycles. The fourth-order valence-electron chi connectivity index (χ4n) is 1.44. The minimum Gasteiger partial charge on any atom is -0.238 e. The van der Waals surface area contributed by atoms with E-state index in [0.29, 0.717) is 5.69 Å². The second-order valence-electron chi connectivity index (χ2n) is 3.42. The molecule has 0 N–H and O–H groups in total. The summed E-state index contributed by atoms with van der Waals surface area (Å²) in [6.07, 6.45) is 0. The average Bonchev–Trinajstić information content (AvgIpc) is 2.61. The first kappa shape index (κ1) is 11.8. The maximum atomic E-state index is 5.79. The van der Waals surface area contributed by atoms with E-state index in [2.05, 4.69) is 5.10 Å². The maximum absolute atomic E-state index is 5.79. The zero-order valence-corrected chi connectivity index (χ0v) is 10.8. The van der Waals surface area contributed by atoms with E-state index in [1.807, 2.05) is 37.3 Å². The predicted molar refractivity (Wildman–Crippen MR) is 67.5 cm³/mol. The van der Waals surface area contributed by atoms with E-state index in [9.17, 15) is 0 Å². The molecule has 0 unspecified atom stereocenters. The fraction of sp³-hybridized carbons (Fsp3) is 0.182. The summed E-state index contributed by atoms with van der Waals surface area (Å²) in [6.45, 7) is 1.92. The topological polar surface area (TPSA) is 17.8 Å². The number of halogens is 3. The molecule has 0 bridgehead atoms. The quantitative estimate of drug-likeness (QED) is 0.719. The lowest BCUT2D eigenvalue weighted by molar-refractivity contribution is 0.822. The van der Waals surface area contributed by atoms with Crippen molar-refractivity contribution in [1.29, 1.82) is 0 Å². The Labute approximate surface area is 109 Å². The number of aryl methyl sites for hydroxylation is 1. The first-order valence-electron chi connectivity index (χ1n) is 4.68. The lowest BCUT2D eigenvalue weighted by Crippen LogP contribution is -2.03. The van der Waals surface area contributed by atoms with Crippen LogP contribution in [0.1, 0.15) is 11.4 Å². The van der Waals surface area contributed by atoms with Crippen LogP contribution in [0.15, 0.2) is 36.4 Å². The van der Waals surface area contributed by atoms with E-state index in [4.69, 9.17) is 34.8 Å². The van der Waals surface area contributed by atoms with Gasteiger partial charge in [-0.1, -0.05) is 53.0 Å². The van der Waals surface area contributed by atoms with Gasteiger partial charge in [0.15, 0.2) is 0 Å². The summed E-state index contributed by atoms with van der Waals surface area (Å²) in [4.78, 5) is 0. The largest absolute Gasteiger partial charge is 0.238 e. The minimum absolute atomic E-state index is 0.429. The standard InChI is InChI=1S/C11H9Cl3N2/c1-8-7-10(11(12,13)14)15-16(8)9-5-3-2-4-6-9/h2-7H,1H3. The van der Waals surface area contributed by atoms with Crippen molar-refractivity contribution in [2.24, 2.45) is 0 Å². The van der Waals surface area contributed by atoms with Crippen molar-refractivity contribution in [2.75, 3.05) is 0 Å². The first-order chi connectivity index (χ1) is 7.48. The van der Waals surface area contributed by atoms with Crippen LogP contribution in [0, 0.1) is 6.92 Å². The summed E-state index contributed by atoms with van der Waals surface area (Å²) in [5.41, 5.74) is 2.30. The summed E-state index contributed by atoms with van der Waals surface area (Å²) >= 11 is 17.4. The van der Waals surface area contributed by atoms with Gasteiger partial charge in [-0.25, -0.2) is 4.68 Å². The van der Waals surface area contributed by atoms with E-state index in [1.165, 1.54) is 0 Å². The van der Waals surface area contributed by atoms with Gasteiger partial charge in [-0.3, -0.25) is 0 Å². The molecule has 1 aromatic carbocycles. The van der Waals surface area contributed by atoms with Crippen molar-refractivity contribution in [2.45, 2.75) is 10.7 Å². The summed E-state index contributed by atoms with van der Waals surface area (Å²) in [5.74, 6) is 0. The van der Waals surface area contributed by atoms with Crippen LogP contribution in [0.5, 0.6) is 0 Å². The average molecular weight is 276 g/mol. The number of alkyl halides is 3. The third-order valence-electron chi connectivity index (χ3n) is 2.18. The summed E-state index contributed by atoms with van der Waals surface area (Å²) in [6, 6.07) is 11.5. The third kappa shape index (κ3) is 2.34. The van der Waals surface area contributed by atoms with Gasteiger partial charge in [-0.2, -0.15) is 5.10 Å². The SMILES string of the molecule is Cc1cc(C(Cl)(Cl)Cl)nn1-c1ccccc1. The van der Waals surface area contributed by atoms with Crippen LogP contribution in [0.3, 0.4) is 0 Å². The summed E-state index contributed by atoms with van der Waals surface area (Å²) in [5, 5.41) is 4.27. The van der Waals surface area contributed by atoms with Crippen molar-refractivity contribution in [3.05, 3.63) is 47.8 Å². The van der Waals surface area contributed by atoms with E-state index in [1.54, 1.807) is 10.7 Å². The Bertz CT molecular complexity index is 486. The zero-order valence-electron chi connectivity index (χ0n) is 8.49. The van der Waals surface area contributed by atoms with Crippen LogP contribution in [0.4, 0.5) is 0 Å². The lowest BCUT2D eigenvalue weighted by atomic mass is 10.3. The van der Waals surface area contributed by atoms with Crippen LogP contribution < -0.4 is 0 Å². The summed E-state index contributed by atoms with van der Waals surface area (Å²) < 4.78 is 0.266. The molecule has 2 nitrogen and oxygen atoms in total. The highest BCUT2D eigenvalue weighted by atomic mass is 35.6. The van der Waals surface area contributed by atoms with Crippen LogP contribution >= 0.6 is 34.8 Å². The molecule has 0 atom stereocenters. The van der Waals surface area contributed by atoms with Crippen molar-refractivity contribution in [1.82, 2.24) is 9.78 Å². The molecule has 2 aromatic rings. The second-order valence-corrected chi connectivity index (χ2v) is 5.70. The molecule has 5 heteroatoms.